The molecule has 1 aromatic heterocycles. The third kappa shape index (κ3) is 5.00. The molecule has 2 aromatic carbocycles. The van der Waals surface area contributed by atoms with E-state index in [1.54, 1.807) is 11.3 Å². The first-order chi connectivity index (χ1) is 12.5. The molecule has 0 aliphatic heterocycles. The van der Waals surface area contributed by atoms with Gasteiger partial charge in [-0.2, -0.15) is 0 Å². The molecule has 0 unspecified atom stereocenters. The van der Waals surface area contributed by atoms with Crippen molar-refractivity contribution in [3.8, 4) is 10.6 Å². The van der Waals surface area contributed by atoms with E-state index in [0.717, 1.165) is 32.0 Å². The largest absolute Gasteiger partial charge is 0.325 e. The van der Waals surface area contributed by atoms with E-state index in [9.17, 15) is 4.79 Å². The van der Waals surface area contributed by atoms with Gasteiger partial charge in [0.2, 0.25) is 5.91 Å². The summed E-state index contributed by atoms with van der Waals surface area (Å²) in [6.45, 7) is 2.92. The number of thiazole rings is 1. The maximum atomic E-state index is 12.3. The summed E-state index contributed by atoms with van der Waals surface area (Å²) in [7, 11) is 1.93. The number of carbonyl (C=O) groups is 1. The number of aromatic nitrogens is 1. The van der Waals surface area contributed by atoms with E-state index < -0.39 is 0 Å². The zero-order valence-electron chi connectivity index (χ0n) is 14.7. The summed E-state index contributed by atoms with van der Waals surface area (Å²) in [6.07, 6.45) is 0. The smallest absolute Gasteiger partial charge is 0.238 e. The van der Waals surface area contributed by atoms with Gasteiger partial charge in [0.25, 0.3) is 0 Å². The second kappa shape index (κ2) is 8.58. The highest BCUT2D eigenvalue weighted by Crippen LogP contribution is 2.24. The van der Waals surface area contributed by atoms with E-state index in [1.165, 1.54) is 0 Å². The maximum absolute atomic E-state index is 12.3. The van der Waals surface area contributed by atoms with Crippen LogP contribution in [-0.2, 0) is 11.3 Å². The van der Waals surface area contributed by atoms with Gasteiger partial charge in [0, 0.05) is 27.6 Å². The zero-order valence-corrected chi connectivity index (χ0v) is 17.1. The lowest BCUT2D eigenvalue weighted by molar-refractivity contribution is -0.117. The van der Waals surface area contributed by atoms with Gasteiger partial charge in [-0.05, 0) is 37.7 Å². The molecule has 0 saturated carbocycles. The molecule has 0 atom stereocenters. The van der Waals surface area contributed by atoms with Crippen LogP contribution in [0.5, 0.6) is 0 Å². The highest BCUT2D eigenvalue weighted by molar-refractivity contribution is 9.10. The number of nitrogens with zero attached hydrogens (tertiary/aromatic N) is 2. The van der Waals surface area contributed by atoms with Gasteiger partial charge >= 0.3 is 0 Å². The Bertz CT molecular complexity index is 895. The first kappa shape index (κ1) is 18.8. The van der Waals surface area contributed by atoms with Gasteiger partial charge in [0.15, 0.2) is 0 Å². The zero-order chi connectivity index (χ0) is 18.5. The van der Waals surface area contributed by atoms with Crippen LogP contribution in [0.2, 0.25) is 0 Å². The Morgan fingerprint density at radius 1 is 1.23 bits per heavy atom. The molecular formula is C20H20BrN3OS. The summed E-state index contributed by atoms with van der Waals surface area (Å²) in [4.78, 5) is 18.9. The predicted octanol–water partition coefficient (Wildman–Crippen LogP) is 4.95. The fourth-order valence-electron chi connectivity index (χ4n) is 2.63. The lowest BCUT2D eigenvalue weighted by atomic mass is 10.2. The first-order valence-corrected chi connectivity index (χ1v) is 9.93. The van der Waals surface area contributed by atoms with E-state index in [2.05, 4.69) is 43.7 Å². The van der Waals surface area contributed by atoms with Crippen molar-refractivity contribution in [3.63, 3.8) is 0 Å². The van der Waals surface area contributed by atoms with E-state index in [1.807, 2.05) is 55.3 Å². The molecule has 4 nitrogen and oxygen atoms in total. The van der Waals surface area contributed by atoms with Crippen LogP contribution in [0.15, 0.2) is 58.4 Å². The average molecular weight is 430 g/mol. The van der Waals surface area contributed by atoms with E-state index in [0.29, 0.717) is 13.1 Å². The third-order valence-corrected chi connectivity index (χ3v) is 5.31. The summed E-state index contributed by atoms with van der Waals surface area (Å²) in [5, 5.41) is 6.02. The molecule has 134 valence electrons. The number of benzene rings is 2. The van der Waals surface area contributed by atoms with Crippen molar-refractivity contribution >= 4 is 38.9 Å². The Hall–Kier alpha value is -2.02. The van der Waals surface area contributed by atoms with Crippen molar-refractivity contribution in [2.45, 2.75) is 13.5 Å². The third-order valence-electron chi connectivity index (χ3n) is 3.88. The highest BCUT2D eigenvalue weighted by atomic mass is 79.9. The number of carbonyl (C=O) groups excluding carboxylic acids is 1. The van der Waals surface area contributed by atoms with Crippen LogP contribution in [-0.4, -0.2) is 29.4 Å². The van der Waals surface area contributed by atoms with Crippen LogP contribution in [0.4, 0.5) is 5.69 Å². The SMILES string of the molecule is Cc1cc(Br)ccc1NC(=O)CN(C)Cc1csc(-c2ccccc2)n1. The van der Waals surface area contributed by atoms with E-state index in [4.69, 9.17) is 0 Å². The van der Waals surface area contributed by atoms with Crippen LogP contribution in [0, 0.1) is 6.92 Å². The Morgan fingerprint density at radius 3 is 2.73 bits per heavy atom. The molecule has 6 heteroatoms. The molecule has 1 N–H and O–H groups in total. The molecule has 0 fully saturated rings. The minimum Gasteiger partial charge on any atom is -0.325 e. The van der Waals surface area contributed by atoms with Crippen molar-refractivity contribution in [3.05, 3.63) is 69.6 Å². The van der Waals surface area contributed by atoms with Crippen LogP contribution >= 0.6 is 27.3 Å². The molecule has 0 aliphatic rings. The van der Waals surface area contributed by atoms with Crippen molar-refractivity contribution in [1.82, 2.24) is 9.88 Å². The van der Waals surface area contributed by atoms with Gasteiger partial charge in [-0.1, -0.05) is 46.3 Å². The molecule has 0 aliphatic carbocycles. The fourth-order valence-corrected chi connectivity index (χ4v) is 3.92. The summed E-state index contributed by atoms with van der Waals surface area (Å²) in [5.74, 6) is -0.0311. The minimum absolute atomic E-state index is 0.0311. The molecule has 0 bridgehead atoms. The number of rotatable bonds is 6. The van der Waals surface area contributed by atoms with Gasteiger partial charge in [0.05, 0.1) is 12.2 Å². The molecule has 1 amide bonds. The van der Waals surface area contributed by atoms with Crippen LogP contribution in [0.25, 0.3) is 10.6 Å². The Balaban J connectivity index is 1.56. The van der Waals surface area contributed by atoms with Crippen LogP contribution in [0.1, 0.15) is 11.3 Å². The van der Waals surface area contributed by atoms with Crippen molar-refractivity contribution < 1.29 is 4.79 Å². The Morgan fingerprint density at radius 2 is 2.00 bits per heavy atom. The number of hydrogen-bond donors (Lipinski definition) is 1. The second-order valence-corrected chi connectivity index (χ2v) is 7.96. The molecule has 3 aromatic rings. The van der Waals surface area contributed by atoms with E-state index >= 15 is 0 Å². The number of likely N-dealkylation sites (N-methyl/N-ethyl adjacent to an activating group) is 1. The number of hydrogen-bond acceptors (Lipinski definition) is 4. The molecule has 26 heavy (non-hydrogen) atoms. The highest BCUT2D eigenvalue weighted by Gasteiger charge is 2.11. The van der Waals surface area contributed by atoms with Crippen molar-refractivity contribution in [2.75, 3.05) is 18.9 Å². The first-order valence-electron chi connectivity index (χ1n) is 8.25. The number of halogens is 1. The molecular weight excluding hydrogens is 410 g/mol. The van der Waals surface area contributed by atoms with Crippen LogP contribution in [0.3, 0.4) is 0 Å². The van der Waals surface area contributed by atoms with Gasteiger partial charge in [0.1, 0.15) is 5.01 Å². The molecule has 1 heterocycles. The van der Waals surface area contributed by atoms with Gasteiger partial charge in [-0.3, -0.25) is 9.69 Å². The van der Waals surface area contributed by atoms with Crippen LogP contribution < -0.4 is 5.32 Å². The van der Waals surface area contributed by atoms with Gasteiger partial charge < -0.3 is 5.32 Å². The summed E-state index contributed by atoms with van der Waals surface area (Å²) in [5.41, 5.74) is 3.97. The van der Waals surface area contributed by atoms with Gasteiger partial charge in [-0.15, -0.1) is 11.3 Å². The summed E-state index contributed by atoms with van der Waals surface area (Å²) >= 11 is 5.06. The number of nitrogens with one attached hydrogen (secondary N) is 1. The average Bonchev–Trinajstić information content (AvgIpc) is 3.06. The lowest BCUT2D eigenvalue weighted by Gasteiger charge is -2.16. The summed E-state index contributed by atoms with van der Waals surface area (Å²) < 4.78 is 1.00. The second-order valence-electron chi connectivity index (χ2n) is 6.19. The fraction of sp³-hybridized carbons (Fsp3) is 0.200. The quantitative estimate of drug-likeness (QED) is 0.602. The maximum Gasteiger partial charge on any atom is 0.238 e. The molecule has 0 saturated heterocycles. The summed E-state index contributed by atoms with van der Waals surface area (Å²) in [6, 6.07) is 15.9. The monoisotopic (exact) mass is 429 g/mol. The van der Waals surface area contributed by atoms with Gasteiger partial charge in [-0.25, -0.2) is 4.98 Å². The predicted molar refractivity (Wildman–Crippen MR) is 111 cm³/mol. The standard InChI is InChI=1S/C20H20BrN3OS/c1-14-10-16(21)8-9-18(14)23-19(25)12-24(2)11-17-13-26-20(22-17)15-6-4-3-5-7-15/h3-10,13H,11-12H2,1-2H3,(H,23,25). The van der Waals surface area contributed by atoms with Crippen molar-refractivity contribution in [1.29, 1.82) is 0 Å². The lowest BCUT2D eigenvalue weighted by Crippen LogP contribution is -2.30. The topological polar surface area (TPSA) is 45.2 Å². The number of anilines is 1. The number of aryl methyl sites for hydroxylation is 1. The molecule has 3 rings (SSSR count). The minimum atomic E-state index is -0.0311. The van der Waals surface area contributed by atoms with Crippen molar-refractivity contribution in [2.24, 2.45) is 0 Å². The number of amides is 1. The van der Waals surface area contributed by atoms with E-state index in [-0.39, 0.29) is 5.91 Å². The Kier molecular flexibility index (Phi) is 6.19. The normalized spacial score (nSPS) is 10.9. The molecule has 0 spiro atoms. The molecule has 0 radical (unpaired) electrons. The Labute approximate surface area is 166 Å².